The molecule has 1 aromatic carbocycles. The quantitative estimate of drug-likeness (QED) is 0.640. The minimum atomic E-state index is 0.175. The molecule has 0 spiro atoms. The first-order valence-electron chi connectivity index (χ1n) is 6.10. The summed E-state index contributed by atoms with van der Waals surface area (Å²) in [5.41, 5.74) is 7.36. The van der Waals surface area contributed by atoms with Crippen LogP contribution in [0.15, 0.2) is 18.2 Å². The molecule has 1 unspecified atom stereocenters. The monoisotopic (exact) mass is 252 g/mol. The summed E-state index contributed by atoms with van der Waals surface area (Å²) in [5, 5.41) is 10.1. The van der Waals surface area contributed by atoms with Gasteiger partial charge in [-0.3, -0.25) is 4.90 Å². The summed E-state index contributed by atoms with van der Waals surface area (Å²) in [4.78, 5) is 2.47. The number of nitrogens with two attached hydrogens (primary N) is 1. The fraction of sp³-hybridized carbons (Fsp3) is 0.538. The highest BCUT2D eigenvalue weighted by Crippen LogP contribution is 2.24. The Bertz CT molecular complexity index is 384. The second-order valence-corrected chi connectivity index (χ2v) is 5.94. The van der Waals surface area contributed by atoms with Crippen molar-refractivity contribution in [2.75, 3.05) is 24.6 Å². The number of hydrogen-bond donors (Lipinski definition) is 2. The third-order valence-electron chi connectivity index (χ3n) is 3.18. The molecule has 94 valence electrons. The molecule has 17 heavy (non-hydrogen) atoms. The van der Waals surface area contributed by atoms with Crippen molar-refractivity contribution in [3.8, 4) is 5.75 Å². The zero-order valence-electron chi connectivity index (χ0n) is 10.2. The Morgan fingerprint density at radius 2 is 2.35 bits per heavy atom. The van der Waals surface area contributed by atoms with Crippen LogP contribution in [-0.4, -0.2) is 34.1 Å². The van der Waals surface area contributed by atoms with E-state index in [0.29, 0.717) is 5.69 Å². The second-order valence-electron chi connectivity index (χ2n) is 4.53. The number of thioether (sulfide) groups is 1. The Balaban J connectivity index is 1.97. The lowest BCUT2D eigenvalue weighted by atomic mass is 10.1. The Morgan fingerprint density at radius 1 is 1.53 bits per heavy atom. The maximum atomic E-state index is 9.39. The van der Waals surface area contributed by atoms with Gasteiger partial charge in [0.2, 0.25) is 0 Å². The van der Waals surface area contributed by atoms with Crippen molar-refractivity contribution >= 4 is 17.4 Å². The van der Waals surface area contributed by atoms with Gasteiger partial charge < -0.3 is 10.8 Å². The highest BCUT2D eigenvalue weighted by molar-refractivity contribution is 8.00. The van der Waals surface area contributed by atoms with Gasteiger partial charge in [-0.2, -0.15) is 11.8 Å². The molecule has 0 aliphatic carbocycles. The normalized spacial score (nSPS) is 21.6. The molecule has 0 bridgehead atoms. The van der Waals surface area contributed by atoms with Crippen molar-refractivity contribution in [2.45, 2.75) is 25.1 Å². The van der Waals surface area contributed by atoms with Crippen molar-refractivity contribution in [1.82, 2.24) is 4.90 Å². The molecule has 0 saturated carbocycles. The SMILES string of the molecule is CCC1CN(Cc2ccc(O)c(N)c2)CCS1. The van der Waals surface area contributed by atoms with E-state index in [0.717, 1.165) is 24.9 Å². The van der Waals surface area contributed by atoms with E-state index in [1.54, 1.807) is 6.07 Å². The number of aromatic hydroxyl groups is 1. The van der Waals surface area contributed by atoms with Crippen molar-refractivity contribution in [2.24, 2.45) is 0 Å². The van der Waals surface area contributed by atoms with Gasteiger partial charge in [0, 0.05) is 30.6 Å². The Kier molecular flexibility index (Phi) is 4.18. The molecule has 4 heteroatoms. The van der Waals surface area contributed by atoms with E-state index >= 15 is 0 Å². The first-order valence-corrected chi connectivity index (χ1v) is 7.15. The summed E-state index contributed by atoms with van der Waals surface area (Å²) < 4.78 is 0. The van der Waals surface area contributed by atoms with Crippen molar-refractivity contribution in [1.29, 1.82) is 0 Å². The van der Waals surface area contributed by atoms with E-state index in [-0.39, 0.29) is 5.75 Å². The zero-order chi connectivity index (χ0) is 12.3. The van der Waals surface area contributed by atoms with E-state index in [4.69, 9.17) is 5.73 Å². The summed E-state index contributed by atoms with van der Waals surface area (Å²) in [5.74, 6) is 1.39. The number of phenolic OH excluding ortho intramolecular Hbond substituents is 1. The number of nitrogens with zero attached hydrogens (tertiary/aromatic N) is 1. The van der Waals surface area contributed by atoms with Gasteiger partial charge in [-0.05, 0) is 24.1 Å². The number of nitrogen functional groups attached to an aromatic ring is 1. The molecule has 1 atom stereocenters. The Labute approximate surface area is 107 Å². The largest absolute Gasteiger partial charge is 0.506 e. The molecule has 0 aromatic heterocycles. The van der Waals surface area contributed by atoms with Crippen molar-refractivity contribution < 1.29 is 5.11 Å². The van der Waals surface area contributed by atoms with Crippen LogP contribution >= 0.6 is 11.8 Å². The molecule has 1 aromatic rings. The Morgan fingerprint density at radius 3 is 3.06 bits per heavy atom. The molecule has 2 rings (SSSR count). The van der Waals surface area contributed by atoms with E-state index in [9.17, 15) is 5.11 Å². The molecular formula is C13H20N2OS. The average molecular weight is 252 g/mol. The number of hydrogen-bond acceptors (Lipinski definition) is 4. The summed E-state index contributed by atoms with van der Waals surface area (Å²) in [6.45, 7) is 5.48. The summed E-state index contributed by atoms with van der Waals surface area (Å²) >= 11 is 2.08. The maximum absolute atomic E-state index is 9.39. The smallest absolute Gasteiger partial charge is 0.138 e. The van der Waals surface area contributed by atoms with Crippen LogP contribution in [-0.2, 0) is 6.54 Å². The minimum Gasteiger partial charge on any atom is -0.506 e. The van der Waals surface area contributed by atoms with E-state index in [1.165, 1.54) is 17.7 Å². The molecule has 1 saturated heterocycles. The molecule has 0 amide bonds. The Hall–Kier alpha value is -0.870. The van der Waals surface area contributed by atoms with E-state index in [1.807, 2.05) is 12.1 Å². The second kappa shape index (κ2) is 5.65. The van der Waals surface area contributed by atoms with Crippen LogP contribution in [0.2, 0.25) is 0 Å². The lowest BCUT2D eigenvalue weighted by Gasteiger charge is -2.31. The highest BCUT2D eigenvalue weighted by atomic mass is 32.2. The molecule has 1 aliphatic rings. The van der Waals surface area contributed by atoms with Crippen LogP contribution in [0.5, 0.6) is 5.75 Å². The molecule has 1 aliphatic heterocycles. The first-order chi connectivity index (χ1) is 8.19. The summed E-state index contributed by atoms with van der Waals surface area (Å²) in [7, 11) is 0. The van der Waals surface area contributed by atoms with E-state index in [2.05, 4.69) is 23.6 Å². The van der Waals surface area contributed by atoms with Crippen LogP contribution in [0.1, 0.15) is 18.9 Å². The molecule has 1 fully saturated rings. The molecule has 0 radical (unpaired) electrons. The third-order valence-corrected chi connectivity index (χ3v) is 4.55. The fourth-order valence-electron chi connectivity index (χ4n) is 2.13. The summed E-state index contributed by atoms with van der Waals surface area (Å²) in [6.07, 6.45) is 1.24. The van der Waals surface area contributed by atoms with Crippen molar-refractivity contribution in [3.05, 3.63) is 23.8 Å². The van der Waals surface area contributed by atoms with Crippen molar-refractivity contribution in [3.63, 3.8) is 0 Å². The highest BCUT2D eigenvalue weighted by Gasteiger charge is 2.18. The number of benzene rings is 1. The van der Waals surface area contributed by atoms with Gasteiger partial charge >= 0.3 is 0 Å². The van der Waals surface area contributed by atoms with Crippen LogP contribution in [0.25, 0.3) is 0 Å². The van der Waals surface area contributed by atoms with E-state index < -0.39 is 0 Å². The molecule has 3 nitrogen and oxygen atoms in total. The third kappa shape index (κ3) is 3.30. The van der Waals surface area contributed by atoms with Gasteiger partial charge in [0.25, 0.3) is 0 Å². The zero-order valence-corrected chi connectivity index (χ0v) is 11.0. The molecule has 3 N–H and O–H groups in total. The van der Waals surface area contributed by atoms with Gasteiger partial charge in [0.1, 0.15) is 5.75 Å². The van der Waals surface area contributed by atoms with Gasteiger partial charge in [0.05, 0.1) is 5.69 Å². The van der Waals surface area contributed by atoms with Gasteiger partial charge in [-0.15, -0.1) is 0 Å². The summed E-state index contributed by atoms with van der Waals surface area (Å²) in [6, 6.07) is 5.51. The number of anilines is 1. The predicted octanol–water partition coefficient (Wildman–Crippen LogP) is 2.30. The predicted molar refractivity (Wildman–Crippen MR) is 74.3 cm³/mol. The van der Waals surface area contributed by atoms with Gasteiger partial charge in [0.15, 0.2) is 0 Å². The molecule has 1 heterocycles. The minimum absolute atomic E-state index is 0.175. The topological polar surface area (TPSA) is 49.5 Å². The average Bonchev–Trinajstić information content (AvgIpc) is 2.34. The number of phenols is 1. The lowest BCUT2D eigenvalue weighted by molar-refractivity contribution is 0.273. The van der Waals surface area contributed by atoms with Gasteiger partial charge in [-0.1, -0.05) is 13.0 Å². The van der Waals surface area contributed by atoms with Crippen LogP contribution < -0.4 is 5.73 Å². The number of rotatable bonds is 3. The van der Waals surface area contributed by atoms with Crippen LogP contribution in [0.3, 0.4) is 0 Å². The molecular weight excluding hydrogens is 232 g/mol. The maximum Gasteiger partial charge on any atom is 0.138 e. The standard InChI is InChI=1S/C13H20N2OS/c1-2-11-9-15(5-6-17-11)8-10-3-4-13(16)12(14)7-10/h3-4,7,11,16H,2,5-6,8-9,14H2,1H3. The van der Waals surface area contributed by atoms with Gasteiger partial charge in [-0.25, -0.2) is 0 Å². The lowest BCUT2D eigenvalue weighted by Crippen LogP contribution is -2.37. The van der Waals surface area contributed by atoms with Crippen LogP contribution in [0, 0.1) is 0 Å². The first kappa shape index (κ1) is 12.6. The van der Waals surface area contributed by atoms with Crippen LogP contribution in [0.4, 0.5) is 5.69 Å². The fourth-order valence-corrected chi connectivity index (χ4v) is 3.38.